The maximum absolute atomic E-state index is 12.3. The van der Waals surface area contributed by atoms with E-state index in [1.807, 2.05) is 58.9 Å². The molecule has 178 valence electrons. The lowest BCUT2D eigenvalue weighted by atomic mass is 10.0. The van der Waals surface area contributed by atoms with E-state index in [2.05, 4.69) is 30.6 Å². The van der Waals surface area contributed by atoms with Gasteiger partial charge in [-0.25, -0.2) is 4.79 Å². The third-order valence-corrected chi connectivity index (χ3v) is 6.24. The van der Waals surface area contributed by atoms with Crippen molar-refractivity contribution in [1.29, 1.82) is 5.26 Å². The molecule has 0 radical (unpaired) electrons. The molecule has 0 bridgehead atoms. The second kappa shape index (κ2) is 10.4. The Morgan fingerprint density at radius 1 is 1.21 bits per heavy atom. The number of nitrogens with one attached hydrogen (secondary N) is 1. The third-order valence-electron chi connectivity index (χ3n) is 5.29. The maximum atomic E-state index is 12.3. The smallest absolute Gasteiger partial charge is 0.408 e. The number of alkyl carbamates (subject to hydrolysis) is 1. The Morgan fingerprint density at radius 2 is 1.94 bits per heavy atom. The van der Waals surface area contributed by atoms with Crippen molar-refractivity contribution in [2.45, 2.75) is 65.2 Å². The molecular weight excluding hydrogens is 444 g/mol. The first kappa shape index (κ1) is 25.5. The van der Waals surface area contributed by atoms with Gasteiger partial charge in [0.25, 0.3) is 0 Å². The number of nitrogens with zero attached hydrogens (tertiary/aromatic N) is 1. The van der Waals surface area contributed by atoms with E-state index in [-0.39, 0.29) is 12.1 Å². The number of thioether (sulfide) groups is 1. The quantitative estimate of drug-likeness (QED) is 0.456. The molecule has 0 heterocycles. The first-order valence-corrected chi connectivity index (χ1v) is 12.2. The van der Waals surface area contributed by atoms with Crippen LogP contribution in [0.3, 0.4) is 0 Å². The molecule has 1 amide bonds. The number of carbonyl (C=O) groups excluding carboxylic acids is 1. The second-order valence-electron chi connectivity index (χ2n) is 9.55. The molecule has 0 saturated carbocycles. The Hall–Kier alpha value is -3.17. The number of carbonyl (C=O) groups is 1. The Balaban J connectivity index is 1.74. The Morgan fingerprint density at radius 3 is 2.59 bits per heavy atom. The van der Waals surface area contributed by atoms with Gasteiger partial charge in [-0.15, -0.1) is 0 Å². The number of rotatable bonds is 7. The number of benzene rings is 2. The molecule has 0 fully saturated rings. The predicted molar refractivity (Wildman–Crippen MR) is 139 cm³/mol. The first-order chi connectivity index (χ1) is 16.0. The number of hydrogen-bond donors (Lipinski definition) is 1. The van der Waals surface area contributed by atoms with Gasteiger partial charge in [-0.1, -0.05) is 49.2 Å². The van der Waals surface area contributed by atoms with Crippen LogP contribution in [0.2, 0.25) is 0 Å². The fourth-order valence-electron chi connectivity index (χ4n) is 3.93. The van der Waals surface area contributed by atoms with Crippen molar-refractivity contribution >= 4 is 27.7 Å². The minimum absolute atomic E-state index is 0.0101. The zero-order valence-corrected chi connectivity index (χ0v) is 21.3. The van der Waals surface area contributed by atoms with Gasteiger partial charge in [0.15, 0.2) is 0 Å². The van der Waals surface area contributed by atoms with E-state index in [4.69, 9.17) is 9.47 Å². The lowest BCUT2D eigenvalue weighted by molar-refractivity contribution is 0.0503. The van der Waals surface area contributed by atoms with Crippen molar-refractivity contribution in [2.75, 3.05) is 0 Å². The molecule has 1 aliphatic rings. The highest BCUT2D eigenvalue weighted by molar-refractivity contribution is 8.16. The summed E-state index contributed by atoms with van der Waals surface area (Å²) in [6.45, 7) is 17.9. The van der Waals surface area contributed by atoms with Crippen LogP contribution in [-0.2, 0) is 11.2 Å². The molecule has 0 saturated heterocycles. The number of fused-ring (bicyclic) bond motifs is 1. The van der Waals surface area contributed by atoms with Gasteiger partial charge in [0.1, 0.15) is 17.4 Å². The zero-order chi connectivity index (χ0) is 25.0. The van der Waals surface area contributed by atoms with E-state index in [1.54, 1.807) is 6.07 Å². The average Bonchev–Trinajstić information content (AvgIpc) is 3.14. The predicted octanol–water partition coefficient (Wildman–Crippen LogP) is 7.23. The van der Waals surface area contributed by atoms with Crippen LogP contribution in [0, 0.1) is 11.3 Å². The molecule has 1 aliphatic carbocycles. The van der Waals surface area contributed by atoms with Crippen molar-refractivity contribution in [2.24, 2.45) is 0 Å². The molecule has 0 unspecified atom stereocenters. The molecular formula is C28H32N2O3S. The van der Waals surface area contributed by atoms with Crippen molar-refractivity contribution in [3.63, 3.8) is 0 Å². The van der Waals surface area contributed by atoms with Crippen LogP contribution in [0.4, 0.5) is 4.79 Å². The van der Waals surface area contributed by atoms with Gasteiger partial charge >= 0.3 is 6.09 Å². The maximum Gasteiger partial charge on any atom is 0.408 e. The van der Waals surface area contributed by atoms with Crippen LogP contribution in [0.15, 0.2) is 49.6 Å². The Kier molecular flexibility index (Phi) is 7.78. The van der Waals surface area contributed by atoms with Crippen molar-refractivity contribution in [3.8, 4) is 11.8 Å². The zero-order valence-electron chi connectivity index (χ0n) is 20.5. The Bertz CT molecular complexity index is 1160. The highest BCUT2D eigenvalue weighted by Gasteiger charge is 2.28. The van der Waals surface area contributed by atoms with E-state index < -0.39 is 11.7 Å². The summed E-state index contributed by atoms with van der Waals surface area (Å²) < 4.78 is 11.1. The number of nitriles is 1. The van der Waals surface area contributed by atoms with Gasteiger partial charge in [-0.05, 0) is 81.8 Å². The van der Waals surface area contributed by atoms with Gasteiger partial charge in [-0.3, -0.25) is 0 Å². The lowest BCUT2D eigenvalue weighted by Gasteiger charge is -2.22. The van der Waals surface area contributed by atoms with Crippen LogP contribution in [0.1, 0.15) is 74.9 Å². The minimum atomic E-state index is -0.539. The lowest BCUT2D eigenvalue weighted by Crippen LogP contribution is -2.34. The van der Waals surface area contributed by atoms with Crippen molar-refractivity contribution < 1.29 is 14.3 Å². The molecule has 1 N–H and O–H groups in total. The summed E-state index contributed by atoms with van der Waals surface area (Å²) in [6, 6.07) is 13.7. The largest absolute Gasteiger partial charge is 0.490 e. The molecule has 34 heavy (non-hydrogen) atoms. The normalized spacial score (nSPS) is 14.8. The topological polar surface area (TPSA) is 71.3 Å². The van der Waals surface area contributed by atoms with E-state index in [9.17, 15) is 10.1 Å². The van der Waals surface area contributed by atoms with Crippen LogP contribution in [0.25, 0.3) is 9.81 Å². The fraction of sp³-hybridized carbons (Fsp3) is 0.357. The first-order valence-electron chi connectivity index (χ1n) is 11.4. The van der Waals surface area contributed by atoms with Gasteiger partial charge < -0.3 is 14.8 Å². The number of ether oxygens (including phenoxy) is 2. The van der Waals surface area contributed by atoms with Gasteiger partial charge in [-0.2, -0.15) is 5.26 Å². The molecule has 5 nitrogen and oxygen atoms in total. The summed E-state index contributed by atoms with van der Waals surface area (Å²) >= 11 is 1.48. The molecule has 2 aromatic rings. The SMILES string of the molecule is C=C(SC(=C)c1cccc2c1CC[C@@H]2NC(=O)OC(C)(C)C)c1ccc(OC(C)C)c(C#N)c1. The second-order valence-corrected chi connectivity index (χ2v) is 10.7. The summed E-state index contributed by atoms with van der Waals surface area (Å²) in [4.78, 5) is 14.0. The average molecular weight is 477 g/mol. The summed E-state index contributed by atoms with van der Waals surface area (Å²) in [5, 5.41) is 12.5. The molecule has 0 spiro atoms. The van der Waals surface area contributed by atoms with Gasteiger partial charge in [0.2, 0.25) is 0 Å². The fourth-order valence-corrected chi connectivity index (χ4v) is 4.77. The molecule has 3 rings (SSSR count). The highest BCUT2D eigenvalue weighted by Crippen LogP contribution is 2.43. The summed E-state index contributed by atoms with van der Waals surface area (Å²) in [7, 11) is 0. The van der Waals surface area contributed by atoms with Crippen LogP contribution in [0.5, 0.6) is 5.75 Å². The highest BCUT2D eigenvalue weighted by atomic mass is 32.2. The molecule has 2 aromatic carbocycles. The van der Waals surface area contributed by atoms with E-state index in [1.165, 1.54) is 17.3 Å². The van der Waals surface area contributed by atoms with E-state index >= 15 is 0 Å². The van der Waals surface area contributed by atoms with Gasteiger partial charge in [0, 0.05) is 9.81 Å². The van der Waals surface area contributed by atoms with E-state index in [0.717, 1.165) is 39.3 Å². The molecule has 0 aliphatic heterocycles. The van der Waals surface area contributed by atoms with Gasteiger partial charge in [0.05, 0.1) is 17.7 Å². The number of hydrogen-bond acceptors (Lipinski definition) is 5. The monoisotopic (exact) mass is 476 g/mol. The van der Waals surface area contributed by atoms with Crippen LogP contribution < -0.4 is 10.1 Å². The van der Waals surface area contributed by atoms with Crippen molar-refractivity contribution in [1.82, 2.24) is 5.32 Å². The van der Waals surface area contributed by atoms with Crippen LogP contribution in [-0.4, -0.2) is 17.8 Å². The molecule has 1 atom stereocenters. The third kappa shape index (κ3) is 6.24. The standard InChI is InChI=1S/C28H32N2O3S/c1-17(2)32-26-14-11-20(15-21(26)16-29)18(3)34-19(4)22-9-8-10-24-23(22)12-13-25(24)30-27(31)33-28(5,6)7/h8-11,14-15,17,25H,3-4,12-13H2,1-2,5-7H3,(H,30,31)/t25-/m0/s1. The van der Waals surface area contributed by atoms with E-state index in [0.29, 0.717) is 11.3 Å². The minimum Gasteiger partial charge on any atom is -0.490 e. The molecule has 0 aromatic heterocycles. The molecule has 6 heteroatoms. The number of amides is 1. The van der Waals surface area contributed by atoms with Crippen molar-refractivity contribution in [3.05, 3.63) is 77.4 Å². The summed E-state index contributed by atoms with van der Waals surface area (Å²) in [5.74, 6) is 0.572. The van der Waals surface area contributed by atoms with Crippen LogP contribution >= 0.6 is 11.8 Å². The summed E-state index contributed by atoms with van der Waals surface area (Å²) in [6.07, 6.45) is 1.24. The Labute approximate surface area is 206 Å². The summed E-state index contributed by atoms with van der Waals surface area (Å²) in [5.41, 5.74) is 4.14.